The Morgan fingerprint density at radius 1 is 1.35 bits per heavy atom. The van der Waals surface area contributed by atoms with E-state index in [4.69, 9.17) is 11.6 Å². The van der Waals surface area contributed by atoms with Crippen LogP contribution >= 0.6 is 11.6 Å². The molecule has 1 saturated carbocycles. The van der Waals surface area contributed by atoms with Crippen LogP contribution in [-0.4, -0.2) is 38.2 Å². The van der Waals surface area contributed by atoms with Gasteiger partial charge in [0.1, 0.15) is 11.0 Å². The molecule has 108 valence electrons. The molecule has 5 nitrogen and oxygen atoms in total. The molecule has 1 aliphatic carbocycles. The van der Waals surface area contributed by atoms with E-state index in [9.17, 15) is 0 Å². The Kier molecular flexibility index (Phi) is 3.89. The number of hydrogen-bond acceptors (Lipinski definition) is 4. The van der Waals surface area contributed by atoms with Gasteiger partial charge >= 0.3 is 0 Å². The van der Waals surface area contributed by atoms with E-state index >= 15 is 0 Å². The number of halogens is 1. The Balaban J connectivity index is 1.74. The lowest BCUT2D eigenvalue weighted by Gasteiger charge is -2.19. The summed E-state index contributed by atoms with van der Waals surface area (Å²) in [6, 6.07) is 0. The predicted octanol–water partition coefficient (Wildman–Crippen LogP) is 2.64. The van der Waals surface area contributed by atoms with Gasteiger partial charge in [-0.15, -0.1) is 0 Å². The van der Waals surface area contributed by atoms with Gasteiger partial charge in [-0.25, -0.2) is 9.97 Å². The van der Waals surface area contributed by atoms with Crippen LogP contribution in [0.25, 0.3) is 11.0 Å². The van der Waals surface area contributed by atoms with Crippen molar-refractivity contribution in [3.8, 4) is 0 Å². The van der Waals surface area contributed by atoms with Crippen LogP contribution in [0.2, 0.25) is 5.15 Å². The molecule has 0 radical (unpaired) electrons. The van der Waals surface area contributed by atoms with Gasteiger partial charge in [0.2, 0.25) is 0 Å². The van der Waals surface area contributed by atoms with E-state index in [0.717, 1.165) is 35.9 Å². The van der Waals surface area contributed by atoms with Crippen LogP contribution in [0.5, 0.6) is 0 Å². The first-order chi connectivity index (χ1) is 9.63. The maximum atomic E-state index is 6.21. The van der Waals surface area contributed by atoms with Crippen LogP contribution in [-0.2, 0) is 13.6 Å². The third-order valence-corrected chi connectivity index (χ3v) is 4.34. The molecule has 0 amide bonds. The molecule has 20 heavy (non-hydrogen) atoms. The summed E-state index contributed by atoms with van der Waals surface area (Å²) in [4.78, 5) is 11.3. The molecule has 6 heteroatoms. The Labute approximate surface area is 124 Å². The van der Waals surface area contributed by atoms with Crippen molar-refractivity contribution in [3.63, 3.8) is 0 Å². The topological polar surface area (TPSA) is 46.8 Å². The number of rotatable bonds is 4. The van der Waals surface area contributed by atoms with Crippen molar-refractivity contribution in [2.75, 3.05) is 13.6 Å². The molecule has 2 aromatic heterocycles. The molecule has 0 bridgehead atoms. The average molecular weight is 294 g/mol. The SMILES string of the molecule is CN(Cc1nc(Cl)c2cnn(C)c2n1)CC1CCCC1. The lowest BCUT2D eigenvalue weighted by molar-refractivity contribution is 0.265. The van der Waals surface area contributed by atoms with Crippen LogP contribution in [0.1, 0.15) is 31.5 Å². The van der Waals surface area contributed by atoms with E-state index in [0.29, 0.717) is 5.15 Å². The highest BCUT2D eigenvalue weighted by atomic mass is 35.5. The summed E-state index contributed by atoms with van der Waals surface area (Å²) in [5.74, 6) is 1.60. The quantitative estimate of drug-likeness (QED) is 0.813. The molecule has 0 aromatic carbocycles. The second kappa shape index (κ2) is 5.66. The molecule has 0 atom stereocenters. The van der Waals surface area contributed by atoms with E-state index < -0.39 is 0 Å². The molecule has 0 unspecified atom stereocenters. The zero-order chi connectivity index (χ0) is 14.1. The molecule has 1 aliphatic rings. The standard InChI is InChI=1S/C14H20ClN5/c1-19(8-10-5-3-4-6-10)9-12-17-13(15)11-7-16-20(2)14(11)18-12/h7,10H,3-6,8-9H2,1-2H3. The number of aromatic nitrogens is 4. The zero-order valence-electron chi connectivity index (χ0n) is 12.0. The Hall–Kier alpha value is -1.20. The third kappa shape index (κ3) is 2.79. The minimum absolute atomic E-state index is 0.493. The first-order valence-electron chi connectivity index (χ1n) is 7.16. The molecule has 2 aromatic rings. The van der Waals surface area contributed by atoms with Gasteiger partial charge in [-0.3, -0.25) is 9.58 Å². The van der Waals surface area contributed by atoms with Gasteiger partial charge in [0, 0.05) is 13.6 Å². The summed E-state index contributed by atoms with van der Waals surface area (Å²) in [6.45, 7) is 1.85. The predicted molar refractivity (Wildman–Crippen MR) is 79.6 cm³/mol. The van der Waals surface area contributed by atoms with E-state index in [1.165, 1.54) is 25.7 Å². The molecular weight excluding hydrogens is 274 g/mol. The van der Waals surface area contributed by atoms with Crippen molar-refractivity contribution in [2.45, 2.75) is 32.2 Å². The molecule has 0 saturated heterocycles. The van der Waals surface area contributed by atoms with Crippen molar-refractivity contribution in [1.82, 2.24) is 24.6 Å². The van der Waals surface area contributed by atoms with Gasteiger partial charge in [0.15, 0.2) is 5.65 Å². The molecular formula is C14H20ClN5. The highest BCUT2D eigenvalue weighted by Crippen LogP contribution is 2.25. The van der Waals surface area contributed by atoms with E-state index in [1.54, 1.807) is 10.9 Å². The van der Waals surface area contributed by atoms with Crippen molar-refractivity contribution >= 4 is 22.6 Å². The Morgan fingerprint density at radius 3 is 2.85 bits per heavy atom. The van der Waals surface area contributed by atoms with E-state index in [2.05, 4.69) is 27.0 Å². The van der Waals surface area contributed by atoms with Crippen LogP contribution in [0, 0.1) is 5.92 Å². The zero-order valence-corrected chi connectivity index (χ0v) is 12.8. The van der Waals surface area contributed by atoms with Gasteiger partial charge in [-0.1, -0.05) is 24.4 Å². The normalized spacial score (nSPS) is 16.6. The van der Waals surface area contributed by atoms with Gasteiger partial charge in [-0.2, -0.15) is 5.10 Å². The van der Waals surface area contributed by atoms with Crippen LogP contribution in [0.15, 0.2) is 6.20 Å². The summed E-state index contributed by atoms with van der Waals surface area (Å²) in [6.07, 6.45) is 7.17. The van der Waals surface area contributed by atoms with Crippen molar-refractivity contribution in [3.05, 3.63) is 17.2 Å². The fourth-order valence-corrected chi connectivity index (χ4v) is 3.27. The first-order valence-corrected chi connectivity index (χ1v) is 7.54. The largest absolute Gasteiger partial charge is 0.299 e. The molecule has 0 aliphatic heterocycles. The van der Waals surface area contributed by atoms with Crippen LogP contribution in [0.4, 0.5) is 0 Å². The molecule has 3 rings (SSSR count). The second-order valence-electron chi connectivity index (χ2n) is 5.78. The van der Waals surface area contributed by atoms with Gasteiger partial charge in [0.05, 0.1) is 18.1 Å². The third-order valence-electron chi connectivity index (χ3n) is 4.05. The number of nitrogens with zero attached hydrogens (tertiary/aromatic N) is 5. The number of hydrogen-bond donors (Lipinski definition) is 0. The second-order valence-corrected chi connectivity index (χ2v) is 6.14. The Bertz CT molecular complexity index is 603. The van der Waals surface area contributed by atoms with Crippen molar-refractivity contribution < 1.29 is 0 Å². The minimum Gasteiger partial charge on any atom is -0.299 e. The lowest BCUT2D eigenvalue weighted by atomic mass is 10.1. The maximum absolute atomic E-state index is 6.21. The first kappa shape index (κ1) is 13.8. The fraction of sp³-hybridized carbons (Fsp3) is 0.643. The molecule has 2 heterocycles. The van der Waals surface area contributed by atoms with Gasteiger partial charge in [-0.05, 0) is 25.8 Å². The average Bonchev–Trinajstić information content (AvgIpc) is 3.00. The highest BCUT2D eigenvalue weighted by Gasteiger charge is 2.18. The summed E-state index contributed by atoms with van der Waals surface area (Å²) < 4.78 is 1.74. The molecule has 0 spiro atoms. The minimum atomic E-state index is 0.493. The number of fused-ring (bicyclic) bond motifs is 1. The van der Waals surface area contributed by atoms with Crippen molar-refractivity contribution in [1.29, 1.82) is 0 Å². The smallest absolute Gasteiger partial charge is 0.162 e. The summed E-state index contributed by atoms with van der Waals surface area (Å²) >= 11 is 6.21. The fourth-order valence-electron chi connectivity index (χ4n) is 3.04. The highest BCUT2D eigenvalue weighted by molar-refractivity contribution is 6.33. The lowest BCUT2D eigenvalue weighted by Crippen LogP contribution is -2.25. The summed E-state index contributed by atoms with van der Waals surface area (Å²) in [5, 5.41) is 5.49. The molecule has 0 N–H and O–H groups in total. The van der Waals surface area contributed by atoms with Gasteiger partial charge < -0.3 is 0 Å². The van der Waals surface area contributed by atoms with Crippen LogP contribution in [0.3, 0.4) is 0 Å². The van der Waals surface area contributed by atoms with Gasteiger partial charge in [0.25, 0.3) is 0 Å². The molecule has 1 fully saturated rings. The van der Waals surface area contributed by atoms with E-state index in [-0.39, 0.29) is 0 Å². The van der Waals surface area contributed by atoms with E-state index in [1.807, 2.05) is 7.05 Å². The summed E-state index contributed by atoms with van der Waals surface area (Å²) in [7, 11) is 4.00. The Morgan fingerprint density at radius 2 is 2.10 bits per heavy atom. The van der Waals surface area contributed by atoms with Crippen LogP contribution < -0.4 is 0 Å². The van der Waals surface area contributed by atoms with Crippen molar-refractivity contribution in [2.24, 2.45) is 13.0 Å². The monoisotopic (exact) mass is 293 g/mol. The summed E-state index contributed by atoms with van der Waals surface area (Å²) in [5.41, 5.74) is 0.800. The number of aryl methyl sites for hydroxylation is 1. The maximum Gasteiger partial charge on any atom is 0.162 e.